The van der Waals surface area contributed by atoms with Crippen LogP contribution in [0.15, 0.2) is 24.3 Å². The Morgan fingerprint density at radius 3 is 2.16 bits per heavy atom. The molecular weight excluding hydrogens is 248 g/mol. The van der Waals surface area contributed by atoms with E-state index < -0.39 is 9.04 Å². The molecule has 0 aliphatic carbocycles. The van der Waals surface area contributed by atoms with Crippen LogP contribution in [0, 0.1) is 17.8 Å². The quantitative estimate of drug-likeness (QED) is 0.328. The van der Waals surface area contributed by atoms with E-state index in [0.29, 0.717) is 12.0 Å². The first-order valence-corrected chi connectivity index (χ1v) is 9.17. The molecule has 0 saturated carbocycles. The van der Waals surface area contributed by atoms with Crippen molar-refractivity contribution in [2.45, 2.75) is 65.7 Å². The average molecular weight is 278 g/mol. The Hall–Kier alpha value is -0.783. The van der Waals surface area contributed by atoms with Crippen LogP contribution < -0.4 is 0 Å². The van der Waals surface area contributed by atoms with Crippen molar-refractivity contribution in [1.29, 1.82) is 0 Å². The van der Waals surface area contributed by atoms with Gasteiger partial charge in [-0.25, -0.2) is 0 Å². The summed E-state index contributed by atoms with van der Waals surface area (Å²) in [6.45, 7) is 10.5. The predicted octanol–water partition coefficient (Wildman–Crippen LogP) is 4.97. The maximum Gasteiger partial charge on any atom is 0.219 e. The highest BCUT2D eigenvalue weighted by Gasteiger charge is 2.20. The molecule has 0 amide bonds. The van der Waals surface area contributed by atoms with Gasteiger partial charge in [0.25, 0.3) is 0 Å². The topological polar surface area (TPSA) is 9.23 Å². The van der Waals surface area contributed by atoms with Crippen LogP contribution >= 0.6 is 0 Å². The van der Waals surface area contributed by atoms with E-state index in [9.17, 15) is 0 Å². The van der Waals surface area contributed by atoms with Gasteiger partial charge >= 0.3 is 0 Å². The fourth-order valence-electron chi connectivity index (χ4n) is 1.91. The van der Waals surface area contributed by atoms with E-state index in [1.807, 2.05) is 6.92 Å². The van der Waals surface area contributed by atoms with Gasteiger partial charge in [-0.3, -0.25) is 0 Å². The summed E-state index contributed by atoms with van der Waals surface area (Å²) in [6.07, 6.45) is 11.3. The van der Waals surface area contributed by atoms with Gasteiger partial charge in [0.15, 0.2) is 0 Å². The standard InChI is InChI=1S/C17H29OSi/c1-6-10-14-19(15-11-7-2)18-17(13-9-4)16(5)12-8-3/h6-7,10-11,16-17H,9,13-15H2,1-5H3/b10-6-,11-7-/t16-,17-/m1/s1. The molecule has 0 heterocycles. The molecule has 0 bridgehead atoms. The first kappa shape index (κ1) is 18.2. The van der Waals surface area contributed by atoms with Gasteiger partial charge in [-0.05, 0) is 46.2 Å². The fourth-order valence-corrected chi connectivity index (χ4v) is 4.01. The molecule has 0 N–H and O–H groups in total. The zero-order valence-electron chi connectivity index (χ0n) is 13.2. The van der Waals surface area contributed by atoms with E-state index in [4.69, 9.17) is 4.43 Å². The Bertz CT molecular complexity index is 308. The zero-order valence-corrected chi connectivity index (χ0v) is 14.2. The van der Waals surface area contributed by atoms with Crippen LogP contribution in [0.2, 0.25) is 12.1 Å². The van der Waals surface area contributed by atoms with E-state index in [0.717, 1.165) is 24.9 Å². The summed E-state index contributed by atoms with van der Waals surface area (Å²) in [5.41, 5.74) is 0. The second-order valence-electron chi connectivity index (χ2n) is 4.71. The maximum absolute atomic E-state index is 6.41. The van der Waals surface area contributed by atoms with Crippen LogP contribution in [0.4, 0.5) is 0 Å². The summed E-state index contributed by atoms with van der Waals surface area (Å²) >= 11 is 0. The molecule has 0 unspecified atom stereocenters. The van der Waals surface area contributed by atoms with Gasteiger partial charge in [-0.1, -0.05) is 43.6 Å². The normalized spacial score (nSPS) is 14.8. The van der Waals surface area contributed by atoms with Gasteiger partial charge in [-0.15, -0.1) is 5.92 Å². The van der Waals surface area contributed by atoms with Gasteiger partial charge in [0.05, 0.1) is 6.10 Å². The van der Waals surface area contributed by atoms with E-state index in [2.05, 4.69) is 63.8 Å². The van der Waals surface area contributed by atoms with Gasteiger partial charge in [-0.2, -0.15) is 0 Å². The summed E-state index contributed by atoms with van der Waals surface area (Å²) in [4.78, 5) is 0. The number of hydrogen-bond acceptors (Lipinski definition) is 1. The highest BCUT2D eigenvalue weighted by Crippen LogP contribution is 2.17. The Balaban J connectivity index is 4.63. The molecule has 0 spiro atoms. The van der Waals surface area contributed by atoms with Crippen molar-refractivity contribution in [2.24, 2.45) is 5.92 Å². The second kappa shape index (κ2) is 12.3. The monoisotopic (exact) mass is 277 g/mol. The molecule has 0 aromatic heterocycles. The highest BCUT2D eigenvalue weighted by atomic mass is 28.3. The number of rotatable bonds is 9. The van der Waals surface area contributed by atoms with E-state index in [1.54, 1.807) is 0 Å². The lowest BCUT2D eigenvalue weighted by Crippen LogP contribution is -2.29. The number of allylic oxidation sites excluding steroid dienone is 4. The van der Waals surface area contributed by atoms with Crippen molar-refractivity contribution >= 4 is 9.04 Å². The summed E-state index contributed by atoms with van der Waals surface area (Å²) in [7, 11) is -0.794. The molecule has 0 aromatic carbocycles. The molecule has 2 atom stereocenters. The van der Waals surface area contributed by atoms with Gasteiger partial charge < -0.3 is 4.43 Å². The van der Waals surface area contributed by atoms with Crippen molar-refractivity contribution in [3.63, 3.8) is 0 Å². The van der Waals surface area contributed by atoms with Crippen molar-refractivity contribution in [2.75, 3.05) is 0 Å². The molecule has 0 aliphatic heterocycles. The zero-order chi connectivity index (χ0) is 14.5. The van der Waals surface area contributed by atoms with E-state index >= 15 is 0 Å². The van der Waals surface area contributed by atoms with Crippen LogP contribution in [0.25, 0.3) is 0 Å². The summed E-state index contributed by atoms with van der Waals surface area (Å²) in [5.74, 6) is 6.61. The summed E-state index contributed by atoms with van der Waals surface area (Å²) in [5, 5.41) is 0. The average Bonchev–Trinajstić information content (AvgIpc) is 2.41. The Kier molecular flexibility index (Phi) is 11.8. The molecule has 1 nitrogen and oxygen atoms in total. The van der Waals surface area contributed by atoms with E-state index in [1.165, 1.54) is 0 Å². The lowest BCUT2D eigenvalue weighted by atomic mass is 10.0. The van der Waals surface area contributed by atoms with Gasteiger partial charge in [0.2, 0.25) is 9.04 Å². The molecule has 1 radical (unpaired) electrons. The lowest BCUT2D eigenvalue weighted by molar-refractivity contribution is 0.156. The molecular formula is C17H29OSi. The Morgan fingerprint density at radius 2 is 1.74 bits per heavy atom. The molecule has 19 heavy (non-hydrogen) atoms. The molecule has 0 aliphatic rings. The van der Waals surface area contributed by atoms with Crippen LogP contribution in [0.1, 0.15) is 47.5 Å². The predicted molar refractivity (Wildman–Crippen MR) is 87.4 cm³/mol. The minimum Gasteiger partial charge on any atom is -0.412 e. The van der Waals surface area contributed by atoms with Crippen molar-refractivity contribution < 1.29 is 4.43 Å². The minimum absolute atomic E-state index is 0.293. The molecule has 0 rings (SSSR count). The SMILES string of the molecule is CC#C[C@@H](C)[C@@H](CCC)O[Si](C/C=C\C)C/C=C\C. The fraction of sp³-hybridized carbons (Fsp3) is 0.647. The smallest absolute Gasteiger partial charge is 0.219 e. The molecule has 0 fully saturated rings. The van der Waals surface area contributed by atoms with Gasteiger partial charge in [0, 0.05) is 5.92 Å². The van der Waals surface area contributed by atoms with Gasteiger partial charge in [0.1, 0.15) is 0 Å². The van der Waals surface area contributed by atoms with Crippen molar-refractivity contribution in [1.82, 2.24) is 0 Å². The minimum atomic E-state index is -0.794. The highest BCUT2D eigenvalue weighted by molar-refractivity contribution is 6.53. The van der Waals surface area contributed by atoms with Crippen molar-refractivity contribution in [3.8, 4) is 11.8 Å². The largest absolute Gasteiger partial charge is 0.412 e. The summed E-state index contributed by atoms with van der Waals surface area (Å²) < 4.78 is 6.41. The maximum atomic E-state index is 6.41. The Morgan fingerprint density at radius 1 is 1.16 bits per heavy atom. The first-order valence-electron chi connectivity index (χ1n) is 7.35. The third kappa shape index (κ3) is 8.86. The lowest BCUT2D eigenvalue weighted by Gasteiger charge is -2.25. The second-order valence-corrected chi connectivity index (χ2v) is 6.84. The molecule has 107 valence electrons. The number of hydrogen-bond donors (Lipinski definition) is 0. The van der Waals surface area contributed by atoms with Crippen LogP contribution in [0.5, 0.6) is 0 Å². The third-order valence-corrected chi connectivity index (χ3v) is 5.00. The molecule has 0 saturated heterocycles. The van der Waals surface area contributed by atoms with Crippen LogP contribution in [0.3, 0.4) is 0 Å². The first-order chi connectivity index (χ1) is 9.19. The third-order valence-electron chi connectivity index (χ3n) is 2.98. The summed E-state index contributed by atoms with van der Waals surface area (Å²) in [6, 6.07) is 2.16. The van der Waals surface area contributed by atoms with Crippen LogP contribution in [-0.4, -0.2) is 15.1 Å². The van der Waals surface area contributed by atoms with Crippen LogP contribution in [-0.2, 0) is 4.43 Å². The van der Waals surface area contributed by atoms with Crippen molar-refractivity contribution in [3.05, 3.63) is 24.3 Å². The van der Waals surface area contributed by atoms with E-state index in [-0.39, 0.29) is 0 Å². The molecule has 0 aromatic rings. The molecule has 2 heteroatoms. The Labute approximate surface area is 121 Å².